The molecule has 0 aliphatic heterocycles. The van der Waals surface area contributed by atoms with E-state index in [1.54, 1.807) is 6.92 Å². The van der Waals surface area contributed by atoms with Crippen molar-refractivity contribution in [2.24, 2.45) is 0 Å². The van der Waals surface area contributed by atoms with Crippen LogP contribution in [0.15, 0.2) is 28.7 Å². The predicted octanol–water partition coefficient (Wildman–Crippen LogP) is 3.58. The maximum Gasteiger partial charge on any atom is 0.416 e. The number of alkyl halides is 3. The Balaban J connectivity index is 2.10. The molecule has 0 fully saturated rings. The average molecular weight is 333 g/mol. The first-order valence-electron chi connectivity index (χ1n) is 6.92. The molecule has 1 aromatic carbocycles. The van der Waals surface area contributed by atoms with Crippen LogP contribution in [0.1, 0.15) is 23.9 Å². The normalized spacial score (nSPS) is 11.5. The van der Waals surface area contributed by atoms with E-state index in [2.05, 4.69) is 20.4 Å². The van der Waals surface area contributed by atoms with Gasteiger partial charge in [-0.3, -0.25) is 0 Å². The maximum absolute atomic E-state index is 12.8. The lowest BCUT2D eigenvalue weighted by Gasteiger charge is -2.06. The fourth-order valence-corrected chi connectivity index (χ4v) is 2.20. The van der Waals surface area contributed by atoms with Crippen LogP contribution in [0.4, 0.5) is 13.2 Å². The minimum absolute atomic E-state index is 0.0276. The summed E-state index contributed by atoms with van der Waals surface area (Å²) in [5.74, 6) is 0.438. The molecule has 0 amide bonds. The smallest absolute Gasteiger partial charge is 0.416 e. The zero-order chi connectivity index (χ0) is 17.3. The van der Waals surface area contributed by atoms with Gasteiger partial charge in [-0.2, -0.15) is 28.7 Å². The Morgan fingerprint density at radius 1 is 1.25 bits per heavy atom. The standard InChI is InChI=1S/C15H10F3N5O/c1-2-11-13(12-10(7-19)21-23-22-12)20-14(24-11)8-4-3-5-9(6-8)15(16,17)18/h3-6H,2H2,1H3,(H,21,22,23). The molecule has 1 N–H and O–H groups in total. The van der Waals surface area contributed by atoms with Crippen LogP contribution >= 0.6 is 0 Å². The molecule has 0 aliphatic carbocycles. The van der Waals surface area contributed by atoms with Crippen LogP contribution in [0.25, 0.3) is 22.8 Å². The Labute approximate surface area is 133 Å². The molecule has 0 atom stereocenters. The largest absolute Gasteiger partial charge is 0.440 e. The summed E-state index contributed by atoms with van der Waals surface area (Å²) in [6, 6.07) is 6.55. The molecule has 0 saturated heterocycles. The highest BCUT2D eigenvalue weighted by Gasteiger charge is 2.31. The summed E-state index contributed by atoms with van der Waals surface area (Å²) in [4.78, 5) is 4.22. The van der Waals surface area contributed by atoms with Crippen molar-refractivity contribution in [2.45, 2.75) is 19.5 Å². The van der Waals surface area contributed by atoms with E-state index in [4.69, 9.17) is 9.68 Å². The number of hydrogen-bond acceptors (Lipinski definition) is 5. The minimum Gasteiger partial charge on any atom is -0.440 e. The van der Waals surface area contributed by atoms with Gasteiger partial charge in [-0.15, -0.1) is 5.10 Å². The molecule has 6 nitrogen and oxygen atoms in total. The Morgan fingerprint density at radius 3 is 2.71 bits per heavy atom. The maximum atomic E-state index is 12.8. The summed E-state index contributed by atoms with van der Waals surface area (Å²) in [6.45, 7) is 1.80. The topological polar surface area (TPSA) is 91.4 Å². The van der Waals surface area contributed by atoms with Gasteiger partial charge in [0, 0.05) is 12.0 Å². The summed E-state index contributed by atoms with van der Waals surface area (Å²) in [7, 11) is 0. The van der Waals surface area contributed by atoms with Crippen molar-refractivity contribution in [2.75, 3.05) is 0 Å². The fraction of sp³-hybridized carbons (Fsp3) is 0.200. The molecule has 2 aromatic heterocycles. The second kappa shape index (κ2) is 5.81. The van der Waals surface area contributed by atoms with E-state index >= 15 is 0 Å². The van der Waals surface area contributed by atoms with Gasteiger partial charge in [0.15, 0.2) is 11.4 Å². The first-order valence-corrected chi connectivity index (χ1v) is 6.92. The van der Waals surface area contributed by atoms with Crippen molar-refractivity contribution in [1.29, 1.82) is 5.26 Å². The minimum atomic E-state index is -4.46. The van der Waals surface area contributed by atoms with E-state index in [0.717, 1.165) is 12.1 Å². The van der Waals surface area contributed by atoms with Crippen LogP contribution in [0.2, 0.25) is 0 Å². The van der Waals surface area contributed by atoms with Crippen LogP contribution in [-0.4, -0.2) is 20.4 Å². The van der Waals surface area contributed by atoms with E-state index in [1.807, 2.05) is 6.07 Å². The third kappa shape index (κ3) is 2.74. The second-order valence-corrected chi connectivity index (χ2v) is 4.86. The lowest BCUT2D eigenvalue weighted by atomic mass is 10.1. The molecule has 3 rings (SSSR count). The van der Waals surface area contributed by atoms with Crippen LogP contribution in [-0.2, 0) is 12.6 Å². The molecule has 0 bridgehead atoms. The van der Waals surface area contributed by atoms with Gasteiger partial charge in [0.2, 0.25) is 5.89 Å². The van der Waals surface area contributed by atoms with E-state index in [1.165, 1.54) is 12.1 Å². The quantitative estimate of drug-likeness (QED) is 0.791. The van der Waals surface area contributed by atoms with Crippen molar-refractivity contribution in [3.8, 4) is 28.9 Å². The van der Waals surface area contributed by atoms with E-state index in [0.29, 0.717) is 12.2 Å². The number of H-pyrrole nitrogens is 1. The van der Waals surface area contributed by atoms with Crippen molar-refractivity contribution in [3.05, 3.63) is 41.3 Å². The van der Waals surface area contributed by atoms with Crippen molar-refractivity contribution < 1.29 is 17.6 Å². The summed E-state index contributed by atoms with van der Waals surface area (Å²) in [5.41, 5.74) is -0.0788. The average Bonchev–Trinajstić information content (AvgIpc) is 3.20. The molecule has 9 heteroatoms. The molecule has 2 heterocycles. The summed E-state index contributed by atoms with van der Waals surface area (Å²) in [6.07, 6.45) is -4.03. The van der Waals surface area contributed by atoms with Gasteiger partial charge in [0.1, 0.15) is 17.5 Å². The van der Waals surface area contributed by atoms with E-state index < -0.39 is 11.7 Å². The second-order valence-electron chi connectivity index (χ2n) is 4.86. The number of rotatable bonds is 3. The van der Waals surface area contributed by atoms with Crippen LogP contribution in [0.3, 0.4) is 0 Å². The van der Waals surface area contributed by atoms with Gasteiger partial charge in [-0.1, -0.05) is 13.0 Å². The molecule has 122 valence electrons. The number of nitrogens with one attached hydrogen (secondary N) is 1. The molecule has 0 spiro atoms. The summed E-state index contributed by atoms with van der Waals surface area (Å²) < 4.78 is 44.1. The number of aryl methyl sites for hydroxylation is 1. The molecular formula is C15H10F3N5O. The van der Waals surface area contributed by atoms with Gasteiger partial charge in [-0.25, -0.2) is 4.98 Å². The Hall–Kier alpha value is -3.15. The number of halogens is 3. The third-order valence-electron chi connectivity index (χ3n) is 3.33. The molecule has 0 unspecified atom stereocenters. The Morgan fingerprint density at radius 2 is 2.04 bits per heavy atom. The van der Waals surface area contributed by atoms with E-state index in [-0.39, 0.29) is 28.5 Å². The number of nitrogens with zero attached hydrogens (tertiary/aromatic N) is 4. The number of benzene rings is 1. The predicted molar refractivity (Wildman–Crippen MR) is 76.4 cm³/mol. The molecule has 24 heavy (non-hydrogen) atoms. The summed E-state index contributed by atoms with van der Waals surface area (Å²) in [5, 5.41) is 18.9. The van der Waals surface area contributed by atoms with Gasteiger partial charge < -0.3 is 4.42 Å². The van der Waals surface area contributed by atoms with E-state index in [9.17, 15) is 13.2 Å². The van der Waals surface area contributed by atoms with Gasteiger partial charge in [0.25, 0.3) is 0 Å². The fourth-order valence-electron chi connectivity index (χ4n) is 2.20. The molecular weight excluding hydrogens is 323 g/mol. The highest BCUT2D eigenvalue weighted by atomic mass is 19.4. The highest BCUT2D eigenvalue weighted by Crippen LogP contribution is 2.34. The monoisotopic (exact) mass is 333 g/mol. The van der Waals surface area contributed by atoms with Gasteiger partial charge in [-0.05, 0) is 18.2 Å². The van der Waals surface area contributed by atoms with Crippen LogP contribution in [0.5, 0.6) is 0 Å². The zero-order valence-corrected chi connectivity index (χ0v) is 12.3. The lowest BCUT2D eigenvalue weighted by Crippen LogP contribution is -2.04. The number of aromatic amines is 1. The van der Waals surface area contributed by atoms with Gasteiger partial charge >= 0.3 is 6.18 Å². The number of nitriles is 1. The highest BCUT2D eigenvalue weighted by molar-refractivity contribution is 5.66. The lowest BCUT2D eigenvalue weighted by molar-refractivity contribution is -0.137. The van der Waals surface area contributed by atoms with Crippen molar-refractivity contribution in [1.82, 2.24) is 20.4 Å². The molecule has 0 saturated carbocycles. The number of aromatic nitrogens is 4. The molecule has 0 aliphatic rings. The Bertz CT molecular complexity index is 920. The summed E-state index contributed by atoms with van der Waals surface area (Å²) >= 11 is 0. The number of hydrogen-bond donors (Lipinski definition) is 1. The Kier molecular flexibility index (Phi) is 3.81. The molecule has 3 aromatic rings. The van der Waals surface area contributed by atoms with Crippen molar-refractivity contribution >= 4 is 0 Å². The molecule has 0 radical (unpaired) electrons. The van der Waals surface area contributed by atoms with Crippen LogP contribution < -0.4 is 0 Å². The SMILES string of the molecule is CCc1oc(-c2cccc(C(F)(F)F)c2)nc1-c1n[nH]nc1C#N. The third-order valence-corrected chi connectivity index (χ3v) is 3.33. The number of oxazole rings is 1. The first-order chi connectivity index (χ1) is 11.4. The zero-order valence-electron chi connectivity index (χ0n) is 12.3. The van der Waals surface area contributed by atoms with Crippen molar-refractivity contribution in [3.63, 3.8) is 0 Å². The van der Waals surface area contributed by atoms with Crippen LogP contribution in [0, 0.1) is 11.3 Å². The first kappa shape index (κ1) is 15.7. The van der Waals surface area contributed by atoms with Gasteiger partial charge in [0.05, 0.1) is 5.56 Å².